The molecule has 0 amide bonds. The van der Waals surface area contributed by atoms with Gasteiger partial charge in [-0.25, -0.2) is 0 Å². The first-order valence-electron chi connectivity index (χ1n) is 6.08. The average molecular weight is 328 g/mol. The van der Waals surface area contributed by atoms with Crippen molar-refractivity contribution in [2.45, 2.75) is 37.8 Å². The maximum atomic E-state index is 12.2. The monoisotopic (exact) mass is 327 g/mol. The molecule has 18 heavy (non-hydrogen) atoms. The number of hydrogen-bond donors (Lipinski definition) is 1. The minimum absolute atomic E-state index is 0.0392. The molecule has 3 rings (SSSR count). The zero-order valence-electron chi connectivity index (χ0n) is 9.86. The molecule has 5 heteroatoms. The number of halogens is 1. The summed E-state index contributed by atoms with van der Waals surface area (Å²) in [5.41, 5.74) is -0.493. The quantitative estimate of drug-likeness (QED) is 0.941. The highest BCUT2D eigenvalue weighted by molar-refractivity contribution is 9.10. The summed E-state index contributed by atoms with van der Waals surface area (Å²) in [6.45, 7) is 0.583. The Morgan fingerprint density at radius 3 is 2.94 bits per heavy atom. The van der Waals surface area contributed by atoms with E-state index in [4.69, 9.17) is 0 Å². The van der Waals surface area contributed by atoms with Crippen LogP contribution in [-0.4, -0.2) is 15.3 Å². The number of rotatable bonds is 3. The predicted octanol–water partition coefficient (Wildman–Crippen LogP) is 3.13. The average Bonchev–Trinajstić information content (AvgIpc) is 2.79. The molecule has 0 atom stereocenters. The Bertz CT molecular complexity index is 642. The largest absolute Gasteiger partial charge is 0.390 e. The van der Waals surface area contributed by atoms with E-state index in [1.807, 2.05) is 17.6 Å². The van der Waals surface area contributed by atoms with Gasteiger partial charge in [-0.05, 0) is 53.1 Å². The Morgan fingerprint density at radius 1 is 1.50 bits per heavy atom. The Labute approximate surface area is 117 Å². The van der Waals surface area contributed by atoms with Crippen LogP contribution in [0.5, 0.6) is 0 Å². The molecule has 2 aromatic heterocycles. The molecule has 1 saturated carbocycles. The Hall–Kier alpha value is -0.650. The van der Waals surface area contributed by atoms with Crippen LogP contribution in [0.25, 0.3) is 10.1 Å². The summed E-state index contributed by atoms with van der Waals surface area (Å²) in [4.78, 5) is 12.2. The second-order valence-electron chi connectivity index (χ2n) is 4.97. The van der Waals surface area contributed by atoms with E-state index >= 15 is 0 Å². The molecular formula is C13H14BrNO2S. The molecule has 0 spiro atoms. The van der Waals surface area contributed by atoms with Crippen molar-refractivity contribution in [3.63, 3.8) is 0 Å². The highest BCUT2D eigenvalue weighted by Crippen LogP contribution is 2.35. The van der Waals surface area contributed by atoms with Crippen LogP contribution in [-0.2, 0) is 6.54 Å². The van der Waals surface area contributed by atoms with Gasteiger partial charge in [-0.1, -0.05) is 0 Å². The Kier molecular flexibility index (Phi) is 3.08. The molecule has 0 bridgehead atoms. The number of aromatic nitrogens is 1. The van der Waals surface area contributed by atoms with Crippen molar-refractivity contribution < 1.29 is 5.11 Å². The van der Waals surface area contributed by atoms with E-state index in [0.717, 1.165) is 33.8 Å². The summed E-state index contributed by atoms with van der Waals surface area (Å²) in [6.07, 6.45) is 5.32. The van der Waals surface area contributed by atoms with E-state index in [1.54, 1.807) is 15.9 Å². The molecule has 2 heterocycles. The van der Waals surface area contributed by atoms with Crippen molar-refractivity contribution in [1.82, 2.24) is 4.57 Å². The fourth-order valence-corrected chi connectivity index (χ4v) is 3.93. The van der Waals surface area contributed by atoms with Gasteiger partial charge in [0.05, 0.1) is 20.2 Å². The first-order valence-corrected chi connectivity index (χ1v) is 7.75. The molecule has 0 aliphatic heterocycles. The summed E-state index contributed by atoms with van der Waals surface area (Å²) in [6, 6.07) is 1.86. The molecule has 0 unspecified atom stereocenters. The van der Waals surface area contributed by atoms with Crippen LogP contribution >= 0.6 is 27.3 Å². The lowest BCUT2D eigenvalue weighted by atomic mass is 9.78. The summed E-state index contributed by atoms with van der Waals surface area (Å²) < 4.78 is 3.65. The van der Waals surface area contributed by atoms with Crippen molar-refractivity contribution in [3.05, 3.63) is 32.5 Å². The zero-order chi connectivity index (χ0) is 12.8. The molecule has 0 aromatic carbocycles. The lowest BCUT2D eigenvalue weighted by molar-refractivity contribution is -0.0434. The molecule has 96 valence electrons. The van der Waals surface area contributed by atoms with Crippen LogP contribution < -0.4 is 5.56 Å². The Balaban J connectivity index is 1.92. The molecule has 0 radical (unpaired) electrons. The van der Waals surface area contributed by atoms with E-state index in [-0.39, 0.29) is 5.56 Å². The number of thiophene rings is 1. The summed E-state index contributed by atoms with van der Waals surface area (Å²) in [7, 11) is 0. The molecular weight excluding hydrogens is 314 g/mol. The number of aliphatic hydroxyl groups is 1. The minimum Gasteiger partial charge on any atom is -0.390 e. The Morgan fingerprint density at radius 2 is 2.28 bits per heavy atom. The maximum absolute atomic E-state index is 12.2. The first kappa shape index (κ1) is 12.4. The summed E-state index contributed by atoms with van der Waals surface area (Å²) in [5, 5.41) is 12.8. The van der Waals surface area contributed by atoms with E-state index in [9.17, 15) is 9.90 Å². The van der Waals surface area contributed by atoms with Crippen LogP contribution in [0.15, 0.2) is 26.9 Å². The lowest BCUT2D eigenvalue weighted by Gasteiger charge is -2.36. The molecule has 1 aliphatic carbocycles. The minimum atomic E-state index is -0.532. The number of pyridine rings is 1. The molecule has 1 aliphatic rings. The number of fused-ring (bicyclic) bond motifs is 1. The SMILES string of the molecule is O=c1c2ccsc2c(Br)cn1CCC1(O)CCC1. The standard InChI is InChI=1S/C13H14BrNO2S/c14-10-8-15(6-5-13(17)3-1-4-13)12(16)9-2-7-18-11(9)10/h2,7-8,17H,1,3-6H2. The van der Waals surface area contributed by atoms with Gasteiger partial charge in [-0.3, -0.25) is 4.79 Å². The second-order valence-corrected chi connectivity index (χ2v) is 6.74. The maximum Gasteiger partial charge on any atom is 0.259 e. The van der Waals surface area contributed by atoms with Gasteiger partial charge in [0.2, 0.25) is 0 Å². The third-order valence-corrected chi connectivity index (χ3v) is 5.56. The molecule has 3 nitrogen and oxygen atoms in total. The van der Waals surface area contributed by atoms with E-state index < -0.39 is 5.60 Å². The van der Waals surface area contributed by atoms with E-state index in [0.29, 0.717) is 13.0 Å². The van der Waals surface area contributed by atoms with Crippen molar-refractivity contribution in [2.75, 3.05) is 0 Å². The highest BCUT2D eigenvalue weighted by atomic mass is 79.9. The van der Waals surface area contributed by atoms with Crippen molar-refractivity contribution in [2.24, 2.45) is 0 Å². The zero-order valence-corrected chi connectivity index (χ0v) is 12.3. The van der Waals surface area contributed by atoms with Crippen LogP contribution in [0.3, 0.4) is 0 Å². The third-order valence-electron chi connectivity index (χ3n) is 3.74. The molecule has 0 saturated heterocycles. The second kappa shape index (κ2) is 4.47. The van der Waals surface area contributed by atoms with Crippen molar-refractivity contribution in [3.8, 4) is 0 Å². The van der Waals surface area contributed by atoms with Gasteiger partial charge in [-0.2, -0.15) is 0 Å². The lowest BCUT2D eigenvalue weighted by Crippen LogP contribution is -2.38. The number of aryl methyl sites for hydroxylation is 1. The molecule has 1 fully saturated rings. The summed E-state index contributed by atoms with van der Waals surface area (Å²) >= 11 is 5.07. The smallest absolute Gasteiger partial charge is 0.259 e. The van der Waals surface area contributed by atoms with Crippen LogP contribution in [0.4, 0.5) is 0 Å². The van der Waals surface area contributed by atoms with Crippen molar-refractivity contribution >= 4 is 37.4 Å². The topological polar surface area (TPSA) is 42.2 Å². The van der Waals surface area contributed by atoms with Gasteiger partial charge < -0.3 is 9.67 Å². The summed E-state index contributed by atoms with van der Waals surface area (Å²) in [5.74, 6) is 0. The van der Waals surface area contributed by atoms with Gasteiger partial charge in [0.1, 0.15) is 0 Å². The van der Waals surface area contributed by atoms with Crippen molar-refractivity contribution in [1.29, 1.82) is 0 Å². The fraction of sp³-hybridized carbons (Fsp3) is 0.462. The van der Waals surface area contributed by atoms with Gasteiger partial charge in [0.25, 0.3) is 5.56 Å². The normalized spacial score (nSPS) is 17.9. The van der Waals surface area contributed by atoms with Crippen LogP contribution in [0.2, 0.25) is 0 Å². The molecule has 1 N–H and O–H groups in total. The first-order chi connectivity index (χ1) is 8.59. The van der Waals surface area contributed by atoms with Crippen LogP contribution in [0, 0.1) is 0 Å². The van der Waals surface area contributed by atoms with Gasteiger partial charge in [-0.15, -0.1) is 11.3 Å². The van der Waals surface area contributed by atoms with Crippen LogP contribution in [0.1, 0.15) is 25.7 Å². The molecule has 2 aromatic rings. The van der Waals surface area contributed by atoms with Gasteiger partial charge in [0, 0.05) is 12.7 Å². The predicted molar refractivity (Wildman–Crippen MR) is 77.2 cm³/mol. The van der Waals surface area contributed by atoms with E-state index in [1.165, 1.54) is 0 Å². The van der Waals surface area contributed by atoms with Gasteiger partial charge in [0.15, 0.2) is 0 Å². The third kappa shape index (κ3) is 2.04. The van der Waals surface area contributed by atoms with E-state index in [2.05, 4.69) is 15.9 Å². The number of hydrogen-bond acceptors (Lipinski definition) is 3. The van der Waals surface area contributed by atoms with Gasteiger partial charge >= 0.3 is 0 Å². The number of nitrogens with zero attached hydrogens (tertiary/aromatic N) is 1. The fourth-order valence-electron chi connectivity index (χ4n) is 2.40. The highest BCUT2D eigenvalue weighted by Gasteiger charge is 2.33.